The van der Waals surface area contributed by atoms with Gasteiger partial charge in [-0.3, -0.25) is 24.2 Å². The summed E-state index contributed by atoms with van der Waals surface area (Å²) < 4.78 is 8.33. The maximum absolute atomic E-state index is 13.5. The number of unbranched alkanes of at least 4 members (excludes halogenated alkanes) is 2. The zero-order chi connectivity index (χ0) is 25.1. The fourth-order valence-corrected chi connectivity index (χ4v) is 4.75. The highest BCUT2D eigenvalue weighted by Gasteiger charge is 2.30. The Labute approximate surface area is 203 Å². The van der Waals surface area contributed by atoms with Crippen LogP contribution in [0.5, 0.6) is 0 Å². The molecule has 0 radical (unpaired) electrons. The van der Waals surface area contributed by atoms with Crippen LogP contribution in [0.2, 0.25) is 0 Å². The van der Waals surface area contributed by atoms with Crippen LogP contribution in [0, 0.1) is 18.3 Å². The molecular weight excluding hydrogens is 446 g/mol. The molecule has 1 saturated heterocycles. The third-order valence-corrected chi connectivity index (χ3v) is 6.75. The normalized spacial score (nSPS) is 14.5. The number of pyridine rings is 2. The fourth-order valence-electron chi connectivity index (χ4n) is 4.75. The minimum Gasteiger partial charge on any atom is -0.466 e. The number of amides is 1. The Bertz CT molecular complexity index is 1380. The van der Waals surface area contributed by atoms with Crippen LogP contribution in [0.25, 0.3) is 16.7 Å². The van der Waals surface area contributed by atoms with Crippen LogP contribution in [0.4, 0.5) is 0 Å². The molecule has 1 aliphatic rings. The van der Waals surface area contributed by atoms with Gasteiger partial charge in [0.15, 0.2) is 0 Å². The van der Waals surface area contributed by atoms with Crippen molar-refractivity contribution in [2.24, 2.45) is 5.92 Å². The number of hydrogen-bond donors (Lipinski definition) is 1. The summed E-state index contributed by atoms with van der Waals surface area (Å²) in [6.45, 7) is 7.44. The fraction of sp³-hybridized carbons (Fsp3) is 0.500. The topological polar surface area (TPSA) is 110 Å². The molecule has 0 unspecified atom stereocenters. The number of fused-ring (bicyclic) bond motifs is 2. The van der Waals surface area contributed by atoms with Gasteiger partial charge in [-0.1, -0.05) is 25.8 Å². The molecule has 1 aliphatic heterocycles. The van der Waals surface area contributed by atoms with Crippen LogP contribution < -0.4 is 11.0 Å². The van der Waals surface area contributed by atoms with Crippen LogP contribution in [0.3, 0.4) is 0 Å². The molecule has 9 nitrogen and oxygen atoms in total. The lowest BCUT2D eigenvalue weighted by Gasteiger charge is -2.31. The predicted molar refractivity (Wildman–Crippen MR) is 132 cm³/mol. The maximum atomic E-state index is 13.5. The number of rotatable bonds is 7. The second-order valence-electron chi connectivity index (χ2n) is 9.12. The van der Waals surface area contributed by atoms with Crippen LogP contribution in [-0.2, 0) is 16.1 Å². The second kappa shape index (κ2) is 10.4. The smallest absolute Gasteiger partial charge is 0.309 e. The minimum absolute atomic E-state index is 0.0657. The third-order valence-electron chi connectivity index (χ3n) is 6.75. The number of likely N-dealkylation sites (tertiary alicyclic amines) is 1. The summed E-state index contributed by atoms with van der Waals surface area (Å²) in [5.74, 6) is -0.729. The molecule has 0 bridgehead atoms. The summed E-state index contributed by atoms with van der Waals surface area (Å²) in [4.78, 5) is 45.5. The number of carbonyl (C=O) groups is 2. The Morgan fingerprint density at radius 1 is 1.17 bits per heavy atom. The number of piperidine rings is 1. The van der Waals surface area contributed by atoms with Crippen LogP contribution in [0.1, 0.15) is 61.9 Å². The lowest BCUT2D eigenvalue weighted by atomic mass is 9.96. The summed E-state index contributed by atoms with van der Waals surface area (Å²) in [6.07, 6.45) is 5.53. The Morgan fingerprint density at radius 2 is 1.91 bits per heavy atom. The quantitative estimate of drug-likeness (QED) is 0.318. The summed E-state index contributed by atoms with van der Waals surface area (Å²) >= 11 is 0. The van der Waals surface area contributed by atoms with Crippen molar-refractivity contribution >= 4 is 28.6 Å². The van der Waals surface area contributed by atoms with Crippen molar-refractivity contribution in [1.82, 2.24) is 18.9 Å². The van der Waals surface area contributed by atoms with Crippen molar-refractivity contribution in [2.45, 2.75) is 59.4 Å². The van der Waals surface area contributed by atoms with Crippen molar-refractivity contribution in [1.29, 1.82) is 5.41 Å². The average Bonchev–Trinajstić information content (AvgIpc) is 2.86. The highest BCUT2D eigenvalue weighted by molar-refractivity contribution is 5.97. The van der Waals surface area contributed by atoms with Crippen LogP contribution >= 0.6 is 0 Å². The zero-order valence-corrected chi connectivity index (χ0v) is 20.7. The molecule has 9 heteroatoms. The standard InChI is InChI=1S/C26H33N5O4/c1-4-6-7-12-30-21(27)19(24(32)29-14-10-18(11-15-29)26(34)35-5-2)16-20-23(30)28-22-17(3)9-8-13-31(22)25(20)33/h8-9,13,16,18,27H,4-7,10-12,14-15H2,1-3H3. The zero-order valence-electron chi connectivity index (χ0n) is 20.7. The Balaban J connectivity index is 1.77. The van der Waals surface area contributed by atoms with E-state index < -0.39 is 0 Å². The molecule has 0 saturated carbocycles. The van der Waals surface area contributed by atoms with E-state index in [1.165, 1.54) is 10.5 Å². The SMILES string of the molecule is CCCCCn1c(=N)c(C(=O)N2CCC(C(=O)OCC)CC2)cc2c(=O)n3cccc(C)c3nc21. The molecule has 1 N–H and O–H groups in total. The number of ether oxygens (including phenoxy) is 1. The number of aromatic nitrogens is 3. The molecule has 186 valence electrons. The summed E-state index contributed by atoms with van der Waals surface area (Å²) in [5, 5.41) is 9.23. The van der Waals surface area contributed by atoms with Gasteiger partial charge in [0.25, 0.3) is 11.5 Å². The van der Waals surface area contributed by atoms with E-state index in [4.69, 9.17) is 15.1 Å². The second-order valence-corrected chi connectivity index (χ2v) is 9.12. The molecule has 3 aromatic heterocycles. The largest absolute Gasteiger partial charge is 0.466 e. The first-order valence-corrected chi connectivity index (χ1v) is 12.4. The van der Waals surface area contributed by atoms with E-state index in [1.54, 1.807) is 28.7 Å². The maximum Gasteiger partial charge on any atom is 0.309 e. The van der Waals surface area contributed by atoms with Gasteiger partial charge in [-0.25, -0.2) is 4.98 Å². The molecule has 1 amide bonds. The average molecular weight is 480 g/mol. The molecule has 4 rings (SSSR count). The summed E-state index contributed by atoms with van der Waals surface area (Å²) in [7, 11) is 0. The van der Waals surface area contributed by atoms with Crippen molar-refractivity contribution in [3.63, 3.8) is 0 Å². The minimum atomic E-state index is -0.294. The van der Waals surface area contributed by atoms with Gasteiger partial charge in [-0.15, -0.1) is 0 Å². The summed E-state index contributed by atoms with van der Waals surface area (Å²) in [5.41, 5.74) is 1.85. The van der Waals surface area contributed by atoms with Gasteiger partial charge in [0.2, 0.25) is 0 Å². The molecule has 0 spiro atoms. The highest BCUT2D eigenvalue weighted by atomic mass is 16.5. The summed E-state index contributed by atoms with van der Waals surface area (Å²) in [6, 6.07) is 5.22. The lowest BCUT2D eigenvalue weighted by molar-refractivity contribution is -0.149. The monoisotopic (exact) mass is 479 g/mol. The van der Waals surface area contributed by atoms with Crippen LogP contribution in [0.15, 0.2) is 29.2 Å². The van der Waals surface area contributed by atoms with Crippen molar-refractivity contribution in [2.75, 3.05) is 19.7 Å². The first-order valence-electron chi connectivity index (χ1n) is 12.4. The van der Waals surface area contributed by atoms with E-state index in [1.807, 2.05) is 13.0 Å². The number of hydrogen-bond acceptors (Lipinski definition) is 6. The molecule has 0 aliphatic carbocycles. The van der Waals surface area contributed by atoms with Crippen molar-refractivity contribution < 1.29 is 14.3 Å². The molecular formula is C26H33N5O4. The van der Waals surface area contributed by atoms with Gasteiger partial charge >= 0.3 is 5.97 Å². The van der Waals surface area contributed by atoms with E-state index in [-0.39, 0.29) is 34.4 Å². The number of esters is 1. The highest BCUT2D eigenvalue weighted by Crippen LogP contribution is 2.21. The molecule has 0 aromatic carbocycles. The Kier molecular flexibility index (Phi) is 7.33. The lowest BCUT2D eigenvalue weighted by Crippen LogP contribution is -2.43. The predicted octanol–water partition coefficient (Wildman–Crippen LogP) is 3.04. The van der Waals surface area contributed by atoms with Gasteiger partial charge < -0.3 is 14.2 Å². The molecule has 1 fully saturated rings. The van der Waals surface area contributed by atoms with Crippen LogP contribution in [-0.4, -0.2) is 50.4 Å². The third kappa shape index (κ3) is 4.72. The first-order chi connectivity index (χ1) is 16.9. The molecule has 4 heterocycles. The van der Waals surface area contributed by atoms with E-state index in [0.29, 0.717) is 55.8 Å². The van der Waals surface area contributed by atoms with Gasteiger partial charge in [-0.05, 0) is 50.8 Å². The Hall–Kier alpha value is -3.49. The molecule has 3 aromatic rings. The van der Waals surface area contributed by atoms with Gasteiger partial charge in [0.05, 0.1) is 23.5 Å². The number of carbonyl (C=O) groups excluding carboxylic acids is 2. The van der Waals surface area contributed by atoms with Crippen molar-refractivity contribution in [3.05, 3.63) is 51.4 Å². The number of nitrogens with zero attached hydrogens (tertiary/aromatic N) is 4. The van der Waals surface area contributed by atoms with E-state index in [0.717, 1.165) is 24.8 Å². The number of nitrogens with one attached hydrogen (secondary N) is 1. The van der Waals surface area contributed by atoms with E-state index in [2.05, 4.69) is 6.92 Å². The van der Waals surface area contributed by atoms with Gasteiger partial charge in [-0.2, -0.15) is 0 Å². The number of aryl methyl sites for hydroxylation is 2. The molecule has 35 heavy (non-hydrogen) atoms. The molecule has 0 atom stereocenters. The van der Waals surface area contributed by atoms with Gasteiger partial charge in [0.1, 0.15) is 16.8 Å². The first kappa shape index (κ1) is 24.6. The van der Waals surface area contributed by atoms with Gasteiger partial charge in [0, 0.05) is 25.8 Å². The van der Waals surface area contributed by atoms with E-state index in [9.17, 15) is 14.4 Å². The van der Waals surface area contributed by atoms with E-state index >= 15 is 0 Å². The van der Waals surface area contributed by atoms with Crippen molar-refractivity contribution in [3.8, 4) is 0 Å². The Morgan fingerprint density at radius 3 is 2.60 bits per heavy atom.